The Kier molecular flexibility index (Phi) is 4.13. The van der Waals surface area contributed by atoms with Gasteiger partial charge in [0.2, 0.25) is 0 Å². The Labute approximate surface area is 117 Å². The van der Waals surface area contributed by atoms with Gasteiger partial charge in [-0.2, -0.15) is 5.26 Å². The SMILES string of the molecule is N#Cc1ccc(F)c(CNc2c(F)cccc2Br)c1. The normalized spacial score (nSPS) is 10.0. The lowest BCUT2D eigenvalue weighted by atomic mass is 10.1. The molecule has 0 fully saturated rings. The van der Waals surface area contributed by atoms with E-state index in [0.717, 1.165) is 0 Å². The minimum absolute atomic E-state index is 0.0981. The first-order valence-electron chi connectivity index (χ1n) is 5.48. The number of hydrogen-bond acceptors (Lipinski definition) is 2. The van der Waals surface area contributed by atoms with Crippen molar-refractivity contribution in [3.63, 3.8) is 0 Å². The monoisotopic (exact) mass is 322 g/mol. The van der Waals surface area contributed by atoms with Crippen molar-refractivity contribution in [3.05, 3.63) is 63.6 Å². The molecule has 0 saturated carbocycles. The third-order valence-electron chi connectivity index (χ3n) is 2.59. The lowest BCUT2D eigenvalue weighted by Crippen LogP contribution is -2.04. The molecule has 0 atom stereocenters. The molecular weight excluding hydrogens is 314 g/mol. The molecular formula is C14H9BrF2N2. The van der Waals surface area contributed by atoms with Gasteiger partial charge in [-0.1, -0.05) is 6.07 Å². The van der Waals surface area contributed by atoms with Crippen molar-refractivity contribution in [1.82, 2.24) is 0 Å². The summed E-state index contributed by atoms with van der Waals surface area (Å²) >= 11 is 3.22. The van der Waals surface area contributed by atoms with Crippen LogP contribution in [0.2, 0.25) is 0 Å². The van der Waals surface area contributed by atoms with E-state index in [-0.39, 0.29) is 12.2 Å². The Morgan fingerprint density at radius 3 is 2.63 bits per heavy atom. The van der Waals surface area contributed by atoms with Gasteiger partial charge in [0.05, 0.1) is 17.3 Å². The number of nitrogens with one attached hydrogen (secondary N) is 1. The quantitative estimate of drug-likeness (QED) is 0.918. The van der Waals surface area contributed by atoms with Crippen LogP contribution in [0.5, 0.6) is 0 Å². The molecule has 5 heteroatoms. The lowest BCUT2D eigenvalue weighted by molar-refractivity contribution is 0.610. The summed E-state index contributed by atoms with van der Waals surface area (Å²) in [5.74, 6) is -0.856. The fourth-order valence-electron chi connectivity index (χ4n) is 1.63. The number of halogens is 3. The van der Waals surface area contributed by atoms with E-state index in [9.17, 15) is 8.78 Å². The van der Waals surface area contributed by atoms with E-state index >= 15 is 0 Å². The van der Waals surface area contributed by atoms with Gasteiger partial charge in [-0.05, 0) is 46.3 Å². The van der Waals surface area contributed by atoms with Crippen LogP contribution in [0, 0.1) is 23.0 Å². The first-order valence-corrected chi connectivity index (χ1v) is 6.27. The molecule has 0 spiro atoms. The first-order chi connectivity index (χ1) is 9.11. The summed E-state index contributed by atoms with van der Waals surface area (Å²) in [5.41, 5.74) is 0.948. The van der Waals surface area contributed by atoms with E-state index in [1.165, 1.54) is 24.3 Å². The van der Waals surface area contributed by atoms with Crippen molar-refractivity contribution in [3.8, 4) is 6.07 Å². The summed E-state index contributed by atoms with van der Waals surface area (Å²) in [6.45, 7) is 0.0981. The Balaban J connectivity index is 2.22. The Hall–Kier alpha value is -1.93. The van der Waals surface area contributed by atoms with E-state index in [1.54, 1.807) is 12.1 Å². The standard InChI is InChI=1S/C14H9BrF2N2/c15-11-2-1-3-13(17)14(11)19-8-10-6-9(7-18)4-5-12(10)16/h1-6,19H,8H2. The third kappa shape index (κ3) is 3.09. The molecule has 0 aliphatic rings. The molecule has 1 N–H and O–H groups in total. The molecule has 2 aromatic carbocycles. The maximum atomic E-state index is 13.6. The Bertz CT molecular complexity index is 630. The zero-order valence-electron chi connectivity index (χ0n) is 9.75. The first kappa shape index (κ1) is 13.5. The minimum Gasteiger partial charge on any atom is -0.378 e. The van der Waals surface area contributed by atoms with Crippen LogP contribution >= 0.6 is 15.9 Å². The van der Waals surface area contributed by atoms with Crippen LogP contribution in [-0.2, 0) is 6.54 Å². The van der Waals surface area contributed by atoms with Gasteiger partial charge in [0, 0.05) is 16.6 Å². The maximum Gasteiger partial charge on any atom is 0.147 e. The van der Waals surface area contributed by atoms with E-state index in [1.807, 2.05) is 6.07 Å². The van der Waals surface area contributed by atoms with Gasteiger partial charge < -0.3 is 5.32 Å². The van der Waals surface area contributed by atoms with Gasteiger partial charge in [0.15, 0.2) is 0 Å². The second kappa shape index (κ2) is 5.81. The van der Waals surface area contributed by atoms with Crippen molar-refractivity contribution in [2.24, 2.45) is 0 Å². The highest BCUT2D eigenvalue weighted by atomic mass is 79.9. The molecule has 0 aliphatic carbocycles. The summed E-state index contributed by atoms with van der Waals surface area (Å²) in [6.07, 6.45) is 0. The van der Waals surface area contributed by atoms with Crippen LogP contribution in [0.1, 0.15) is 11.1 Å². The van der Waals surface area contributed by atoms with E-state index < -0.39 is 11.6 Å². The number of nitrogens with zero attached hydrogens (tertiary/aromatic N) is 1. The molecule has 0 unspecified atom stereocenters. The highest BCUT2D eigenvalue weighted by Gasteiger charge is 2.08. The average molecular weight is 323 g/mol. The predicted molar refractivity (Wildman–Crippen MR) is 72.5 cm³/mol. The zero-order chi connectivity index (χ0) is 13.8. The lowest BCUT2D eigenvalue weighted by Gasteiger charge is -2.10. The van der Waals surface area contributed by atoms with Crippen LogP contribution < -0.4 is 5.32 Å². The molecule has 2 rings (SSSR count). The van der Waals surface area contributed by atoms with Crippen LogP contribution in [0.3, 0.4) is 0 Å². The van der Waals surface area contributed by atoms with Crippen molar-refractivity contribution in [2.75, 3.05) is 5.32 Å². The van der Waals surface area contributed by atoms with Gasteiger partial charge >= 0.3 is 0 Å². The van der Waals surface area contributed by atoms with Crippen molar-refractivity contribution in [2.45, 2.75) is 6.54 Å². The molecule has 0 heterocycles. The van der Waals surface area contributed by atoms with Gasteiger partial charge in [-0.3, -0.25) is 0 Å². The molecule has 0 aromatic heterocycles. The number of nitriles is 1. The molecule has 2 nitrogen and oxygen atoms in total. The van der Waals surface area contributed by atoms with Crippen molar-refractivity contribution < 1.29 is 8.78 Å². The average Bonchev–Trinajstić information content (AvgIpc) is 2.40. The molecule has 0 saturated heterocycles. The molecule has 0 aliphatic heterocycles. The van der Waals surface area contributed by atoms with E-state index in [2.05, 4.69) is 21.2 Å². The van der Waals surface area contributed by atoms with Gasteiger partial charge in [-0.15, -0.1) is 0 Å². The summed E-state index contributed by atoms with van der Waals surface area (Å²) in [5, 5.41) is 11.6. The largest absolute Gasteiger partial charge is 0.378 e. The van der Waals surface area contributed by atoms with Crippen LogP contribution in [0.25, 0.3) is 0 Å². The topological polar surface area (TPSA) is 35.8 Å². The summed E-state index contributed by atoms with van der Waals surface area (Å²) in [4.78, 5) is 0. The molecule has 0 bridgehead atoms. The predicted octanol–water partition coefficient (Wildman–Crippen LogP) is 4.21. The van der Waals surface area contributed by atoms with Gasteiger partial charge in [0.1, 0.15) is 11.6 Å². The molecule has 2 aromatic rings. The second-order valence-corrected chi connectivity index (χ2v) is 4.72. The fourth-order valence-corrected chi connectivity index (χ4v) is 2.11. The smallest absolute Gasteiger partial charge is 0.147 e. The summed E-state index contributed by atoms with van der Waals surface area (Å²) in [6, 6.07) is 10.6. The van der Waals surface area contributed by atoms with Gasteiger partial charge in [-0.25, -0.2) is 8.78 Å². The fraction of sp³-hybridized carbons (Fsp3) is 0.0714. The molecule has 19 heavy (non-hydrogen) atoms. The number of benzene rings is 2. The number of rotatable bonds is 3. The van der Waals surface area contributed by atoms with Crippen LogP contribution in [0.4, 0.5) is 14.5 Å². The maximum absolute atomic E-state index is 13.6. The number of para-hydroxylation sites is 1. The van der Waals surface area contributed by atoms with Crippen molar-refractivity contribution >= 4 is 21.6 Å². The third-order valence-corrected chi connectivity index (χ3v) is 3.25. The van der Waals surface area contributed by atoms with Crippen LogP contribution in [0.15, 0.2) is 40.9 Å². The molecule has 0 amide bonds. The number of hydrogen-bond donors (Lipinski definition) is 1. The zero-order valence-corrected chi connectivity index (χ0v) is 11.3. The van der Waals surface area contributed by atoms with Gasteiger partial charge in [0.25, 0.3) is 0 Å². The molecule has 96 valence electrons. The van der Waals surface area contributed by atoms with Crippen LogP contribution in [-0.4, -0.2) is 0 Å². The minimum atomic E-state index is -0.432. The highest BCUT2D eigenvalue weighted by molar-refractivity contribution is 9.10. The van der Waals surface area contributed by atoms with E-state index in [4.69, 9.17) is 5.26 Å². The second-order valence-electron chi connectivity index (χ2n) is 3.87. The molecule has 0 radical (unpaired) electrons. The van der Waals surface area contributed by atoms with Crippen molar-refractivity contribution in [1.29, 1.82) is 5.26 Å². The highest BCUT2D eigenvalue weighted by Crippen LogP contribution is 2.26. The summed E-state index contributed by atoms with van der Waals surface area (Å²) < 4.78 is 27.7. The Morgan fingerprint density at radius 2 is 1.95 bits per heavy atom. The summed E-state index contributed by atoms with van der Waals surface area (Å²) in [7, 11) is 0. The Morgan fingerprint density at radius 1 is 1.16 bits per heavy atom. The van der Waals surface area contributed by atoms with E-state index in [0.29, 0.717) is 15.6 Å². The number of anilines is 1.